The molecule has 0 spiro atoms. The molecule has 2 saturated carbocycles. The normalized spacial score (nSPS) is 38.2. The molecule has 1 N–H and O–H groups in total. The van der Waals surface area contributed by atoms with Crippen molar-refractivity contribution in [2.75, 3.05) is 6.54 Å². The van der Waals surface area contributed by atoms with E-state index in [1.165, 1.54) is 49.8 Å². The van der Waals surface area contributed by atoms with Crippen LogP contribution in [0.15, 0.2) is 48.5 Å². The summed E-state index contributed by atoms with van der Waals surface area (Å²) in [7, 11) is 0. The molecular formula is C28H35N. The Morgan fingerprint density at radius 3 is 2.24 bits per heavy atom. The zero-order valence-corrected chi connectivity index (χ0v) is 18.0. The van der Waals surface area contributed by atoms with Gasteiger partial charge in [0, 0.05) is 12.0 Å². The minimum atomic E-state index is 0.602. The minimum absolute atomic E-state index is 0.602. The largest absolute Gasteiger partial charge is 0.314 e. The molecule has 2 aromatic rings. The van der Waals surface area contributed by atoms with Gasteiger partial charge in [-0.25, -0.2) is 0 Å². The van der Waals surface area contributed by atoms with E-state index in [0.29, 0.717) is 5.92 Å². The maximum Gasteiger partial charge on any atom is 0.0136 e. The van der Waals surface area contributed by atoms with E-state index in [1.54, 1.807) is 11.1 Å². The van der Waals surface area contributed by atoms with E-state index < -0.39 is 0 Å². The molecule has 29 heavy (non-hydrogen) atoms. The van der Waals surface area contributed by atoms with Crippen LogP contribution in [0.1, 0.15) is 63.0 Å². The van der Waals surface area contributed by atoms with Crippen molar-refractivity contribution in [3.05, 3.63) is 59.7 Å². The Hall–Kier alpha value is -1.60. The summed E-state index contributed by atoms with van der Waals surface area (Å²) in [6, 6.07) is 19.4. The monoisotopic (exact) mass is 385 g/mol. The van der Waals surface area contributed by atoms with E-state index in [9.17, 15) is 0 Å². The second-order valence-electron chi connectivity index (χ2n) is 10.4. The van der Waals surface area contributed by atoms with Crippen LogP contribution in [-0.2, 0) is 0 Å². The molecule has 0 aromatic heterocycles. The number of piperidine rings is 1. The fourth-order valence-electron chi connectivity index (χ4n) is 8.43. The lowest BCUT2D eigenvalue weighted by atomic mass is 9.57. The summed E-state index contributed by atoms with van der Waals surface area (Å²) in [6.07, 6.45) is 7.04. The fraction of sp³-hybridized carbons (Fsp3) is 0.571. The van der Waals surface area contributed by atoms with Gasteiger partial charge in [0.25, 0.3) is 0 Å². The first kappa shape index (κ1) is 18.2. The molecule has 6 rings (SSSR count). The summed E-state index contributed by atoms with van der Waals surface area (Å²) >= 11 is 0. The third kappa shape index (κ3) is 2.62. The van der Waals surface area contributed by atoms with Crippen LogP contribution in [0.3, 0.4) is 0 Å². The van der Waals surface area contributed by atoms with Gasteiger partial charge in [-0.15, -0.1) is 0 Å². The van der Waals surface area contributed by atoms with Crippen molar-refractivity contribution in [3.8, 4) is 11.1 Å². The van der Waals surface area contributed by atoms with Gasteiger partial charge in [0.1, 0.15) is 0 Å². The number of hydrogen-bond acceptors (Lipinski definition) is 1. The Kier molecular flexibility index (Phi) is 4.38. The summed E-state index contributed by atoms with van der Waals surface area (Å²) in [5.74, 6) is 5.90. The van der Waals surface area contributed by atoms with Crippen LogP contribution in [0.25, 0.3) is 11.1 Å². The number of benzene rings is 2. The van der Waals surface area contributed by atoms with Crippen LogP contribution in [0.5, 0.6) is 0 Å². The standard InChI is InChI=1S/C28H35N/c1-3-18-17(2)15-25-24(18)16-26-23(13-8-14-29-26)28(25)27-21-11-6-4-9-19(21)20-10-5-7-12-22(20)27/h4-7,9-12,17-18,23-29H,3,8,13-16H2,1-2H3. The van der Waals surface area contributed by atoms with Gasteiger partial charge < -0.3 is 5.32 Å². The lowest BCUT2D eigenvalue weighted by Crippen LogP contribution is -2.53. The molecule has 0 radical (unpaired) electrons. The number of rotatable bonds is 2. The molecule has 1 aliphatic heterocycles. The van der Waals surface area contributed by atoms with Gasteiger partial charge in [0.05, 0.1) is 0 Å². The SMILES string of the molecule is CCC1C(C)CC2C1CC1NCCCC1C2C1c2ccccc2-c2ccccc21. The van der Waals surface area contributed by atoms with Crippen molar-refractivity contribution >= 4 is 0 Å². The molecule has 0 amide bonds. The molecule has 152 valence electrons. The van der Waals surface area contributed by atoms with Gasteiger partial charge in [-0.1, -0.05) is 68.8 Å². The van der Waals surface area contributed by atoms with Crippen LogP contribution in [0.2, 0.25) is 0 Å². The molecule has 1 heterocycles. The first-order valence-electron chi connectivity index (χ1n) is 12.2. The summed E-state index contributed by atoms with van der Waals surface area (Å²) in [5, 5.41) is 3.99. The summed E-state index contributed by atoms with van der Waals surface area (Å²) in [5.41, 5.74) is 6.26. The van der Waals surface area contributed by atoms with Crippen molar-refractivity contribution in [1.29, 1.82) is 0 Å². The number of hydrogen-bond donors (Lipinski definition) is 1. The maximum absolute atomic E-state index is 3.99. The molecule has 1 heteroatoms. The molecule has 2 aromatic carbocycles. The zero-order valence-electron chi connectivity index (χ0n) is 18.0. The van der Waals surface area contributed by atoms with E-state index in [-0.39, 0.29) is 0 Å². The Bertz CT molecular complexity index is 855. The van der Waals surface area contributed by atoms with Gasteiger partial charge in [-0.2, -0.15) is 0 Å². The number of fused-ring (bicyclic) bond motifs is 5. The Morgan fingerprint density at radius 1 is 0.862 bits per heavy atom. The lowest BCUT2D eigenvalue weighted by Gasteiger charge is -2.51. The third-order valence-electron chi connectivity index (χ3n) is 9.37. The number of nitrogens with one attached hydrogen (secondary N) is 1. The highest BCUT2D eigenvalue weighted by molar-refractivity contribution is 5.79. The second-order valence-corrected chi connectivity index (χ2v) is 10.4. The average molecular weight is 386 g/mol. The van der Waals surface area contributed by atoms with E-state index in [1.807, 2.05) is 0 Å². The van der Waals surface area contributed by atoms with Crippen molar-refractivity contribution in [3.63, 3.8) is 0 Å². The Morgan fingerprint density at radius 2 is 1.55 bits per heavy atom. The Labute approximate surface area is 176 Å². The van der Waals surface area contributed by atoms with E-state index >= 15 is 0 Å². The van der Waals surface area contributed by atoms with Crippen molar-refractivity contribution in [2.24, 2.45) is 35.5 Å². The average Bonchev–Trinajstić information content (AvgIpc) is 3.26. The topological polar surface area (TPSA) is 12.0 Å². The van der Waals surface area contributed by atoms with Gasteiger partial charge in [0.2, 0.25) is 0 Å². The van der Waals surface area contributed by atoms with Crippen molar-refractivity contribution < 1.29 is 0 Å². The molecule has 3 aliphatic carbocycles. The lowest BCUT2D eigenvalue weighted by molar-refractivity contribution is 0.0293. The summed E-state index contributed by atoms with van der Waals surface area (Å²) in [6.45, 7) is 6.23. The highest BCUT2D eigenvalue weighted by Gasteiger charge is 2.55. The summed E-state index contributed by atoms with van der Waals surface area (Å²) < 4.78 is 0. The zero-order chi connectivity index (χ0) is 19.5. The Balaban J connectivity index is 1.50. The molecule has 4 aliphatic rings. The van der Waals surface area contributed by atoms with Crippen LogP contribution < -0.4 is 5.32 Å². The molecule has 0 bridgehead atoms. The fourth-order valence-corrected chi connectivity index (χ4v) is 8.43. The van der Waals surface area contributed by atoms with Crippen molar-refractivity contribution in [1.82, 2.24) is 5.32 Å². The second kappa shape index (κ2) is 6.98. The molecule has 7 unspecified atom stereocenters. The quantitative estimate of drug-likeness (QED) is 0.623. The molecule has 7 atom stereocenters. The van der Waals surface area contributed by atoms with Gasteiger partial charge >= 0.3 is 0 Å². The third-order valence-corrected chi connectivity index (χ3v) is 9.37. The van der Waals surface area contributed by atoms with E-state index in [4.69, 9.17) is 0 Å². The van der Waals surface area contributed by atoms with Gasteiger partial charge in [-0.3, -0.25) is 0 Å². The first-order valence-corrected chi connectivity index (χ1v) is 12.2. The molecule has 3 fully saturated rings. The van der Waals surface area contributed by atoms with Gasteiger partial charge in [-0.05, 0) is 90.0 Å². The smallest absolute Gasteiger partial charge is 0.0136 e. The van der Waals surface area contributed by atoms with Crippen LogP contribution >= 0.6 is 0 Å². The summed E-state index contributed by atoms with van der Waals surface area (Å²) in [4.78, 5) is 0. The van der Waals surface area contributed by atoms with Gasteiger partial charge in [0.15, 0.2) is 0 Å². The minimum Gasteiger partial charge on any atom is -0.314 e. The highest BCUT2D eigenvalue weighted by atomic mass is 14.9. The van der Waals surface area contributed by atoms with Crippen molar-refractivity contribution in [2.45, 2.75) is 57.9 Å². The molecular weight excluding hydrogens is 350 g/mol. The van der Waals surface area contributed by atoms with Crippen LogP contribution in [0, 0.1) is 35.5 Å². The first-order chi connectivity index (χ1) is 14.3. The molecule has 1 nitrogen and oxygen atoms in total. The van der Waals surface area contributed by atoms with Crippen LogP contribution in [-0.4, -0.2) is 12.6 Å². The predicted octanol–water partition coefficient (Wildman–Crippen LogP) is 6.49. The van der Waals surface area contributed by atoms with E-state index in [0.717, 1.165) is 41.5 Å². The highest BCUT2D eigenvalue weighted by Crippen LogP contribution is 2.62. The predicted molar refractivity (Wildman–Crippen MR) is 121 cm³/mol. The molecule has 1 saturated heterocycles. The maximum atomic E-state index is 3.99. The van der Waals surface area contributed by atoms with Crippen LogP contribution in [0.4, 0.5) is 0 Å². The van der Waals surface area contributed by atoms with E-state index in [2.05, 4.69) is 67.7 Å².